The number of halogens is 1. The van der Waals surface area contributed by atoms with E-state index in [0.717, 1.165) is 32.1 Å². The number of hydrogen-bond donors (Lipinski definition) is 2. The van der Waals surface area contributed by atoms with Gasteiger partial charge in [-0.3, -0.25) is 4.79 Å². The van der Waals surface area contributed by atoms with Crippen molar-refractivity contribution in [1.82, 2.24) is 5.43 Å². The summed E-state index contributed by atoms with van der Waals surface area (Å²) in [5, 5.41) is 8.19. The number of amides is 1. The molecular weight excluding hydrogens is 390 g/mol. The molecule has 24 heavy (non-hydrogen) atoms. The van der Waals surface area contributed by atoms with Crippen LogP contribution in [0.5, 0.6) is 5.75 Å². The number of carbonyl (C=O) groups is 1. The average molecular weight is 406 g/mol. The van der Waals surface area contributed by atoms with Crippen molar-refractivity contribution in [3.63, 3.8) is 0 Å². The zero-order valence-corrected chi connectivity index (χ0v) is 15.4. The van der Waals surface area contributed by atoms with Gasteiger partial charge in [0, 0.05) is 21.3 Å². The fourth-order valence-corrected chi connectivity index (χ4v) is 3.29. The molecule has 2 N–H and O–H groups in total. The number of hydrazone groups is 1. The van der Waals surface area contributed by atoms with Crippen molar-refractivity contribution in [1.29, 1.82) is 0 Å². The second-order valence-electron chi connectivity index (χ2n) is 5.12. The summed E-state index contributed by atoms with van der Waals surface area (Å²) in [6, 6.07) is 13.4. The number of ether oxygens (including phenoxy) is 1. The van der Waals surface area contributed by atoms with Gasteiger partial charge < -0.3 is 15.5 Å². The molecule has 0 bridgehead atoms. The lowest BCUT2D eigenvalue weighted by Gasteiger charge is -2.15. The van der Waals surface area contributed by atoms with Gasteiger partial charge in [-0.05, 0) is 30.3 Å². The molecule has 2 aromatic carbocycles. The Morgan fingerprint density at radius 1 is 1.21 bits per heavy atom. The van der Waals surface area contributed by atoms with Gasteiger partial charge in [-0.25, -0.2) is 0 Å². The molecule has 1 heterocycles. The maximum atomic E-state index is 12.2. The molecule has 0 aliphatic carbocycles. The first-order chi connectivity index (χ1) is 11.7. The molecule has 0 atom stereocenters. The zero-order valence-electron chi connectivity index (χ0n) is 13.0. The van der Waals surface area contributed by atoms with Crippen LogP contribution < -0.4 is 15.5 Å². The minimum atomic E-state index is -0.0573. The van der Waals surface area contributed by atoms with Crippen molar-refractivity contribution in [3.8, 4) is 5.75 Å². The molecule has 5 nitrogen and oxygen atoms in total. The van der Waals surface area contributed by atoms with Gasteiger partial charge in [-0.15, -0.1) is 0 Å². The van der Waals surface area contributed by atoms with Gasteiger partial charge in [0.1, 0.15) is 10.8 Å². The van der Waals surface area contributed by atoms with E-state index in [1.54, 1.807) is 7.11 Å². The van der Waals surface area contributed by atoms with E-state index >= 15 is 0 Å². The van der Waals surface area contributed by atoms with Gasteiger partial charge in [0.05, 0.1) is 19.4 Å². The van der Waals surface area contributed by atoms with Crippen LogP contribution >= 0.6 is 27.7 Å². The van der Waals surface area contributed by atoms with Crippen molar-refractivity contribution in [2.45, 2.75) is 6.54 Å². The highest BCUT2D eigenvalue weighted by atomic mass is 79.9. The quantitative estimate of drug-likeness (QED) is 0.800. The van der Waals surface area contributed by atoms with Crippen LogP contribution in [0.4, 0.5) is 5.69 Å². The van der Waals surface area contributed by atoms with Crippen LogP contribution in [0.2, 0.25) is 0 Å². The van der Waals surface area contributed by atoms with E-state index in [1.807, 2.05) is 42.5 Å². The molecule has 1 amide bonds. The number of anilines is 1. The highest BCUT2D eigenvalue weighted by Crippen LogP contribution is 2.24. The monoisotopic (exact) mass is 405 g/mol. The van der Waals surface area contributed by atoms with Crippen molar-refractivity contribution >= 4 is 44.3 Å². The van der Waals surface area contributed by atoms with Crippen LogP contribution in [0, 0.1) is 0 Å². The Kier molecular flexibility index (Phi) is 5.42. The van der Waals surface area contributed by atoms with Crippen LogP contribution in [0.3, 0.4) is 0 Å². The number of fused-ring (bicyclic) bond motifs is 1. The molecule has 0 saturated carbocycles. The van der Waals surface area contributed by atoms with E-state index < -0.39 is 0 Å². The van der Waals surface area contributed by atoms with E-state index in [2.05, 4.69) is 31.8 Å². The number of rotatable bonds is 2. The topological polar surface area (TPSA) is 62.7 Å². The third kappa shape index (κ3) is 4.10. The van der Waals surface area contributed by atoms with Gasteiger partial charge in [0.25, 0.3) is 0 Å². The van der Waals surface area contributed by atoms with E-state index in [9.17, 15) is 4.79 Å². The molecule has 7 heteroatoms. The minimum absolute atomic E-state index is 0.0573. The van der Waals surface area contributed by atoms with Crippen molar-refractivity contribution in [2.24, 2.45) is 5.10 Å². The first-order valence-corrected chi connectivity index (χ1v) is 9.09. The Labute approximate surface area is 153 Å². The first kappa shape index (κ1) is 16.9. The fourth-order valence-electron chi connectivity index (χ4n) is 2.25. The lowest BCUT2D eigenvalue weighted by molar-refractivity contribution is -0.113. The van der Waals surface area contributed by atoms with Crippen molar-refractivity contribution < 1.29 is 9.53 Å². The standard InChI is InChI=1S/C17H16BrN3O2S/c1-23-14-6-7-15-12(8-14)9-19-21-17(24-10-16(22)20-15)11-2-4-13(18)5-3-11/h2-8,19H,9-10H2,1H3,(H,20,22)/b21-17-. The number of carbonyl (C=O) groups excluding carboxylic acids is 1. The predicted octanol–water partition coefficient (Wildman–Crippen LogP) is 3.59. The Balaban J connectivity index is 1.88. The maximum absolute atomic E-state index is 12.2. The summed E-state index contributed by atoms with van der Waals surface area (Å²) < 4.78 is 6.26. The molecule has 2 aromatic rings. The highest BCUT2D eigenvalue weighted by molar-refractivity contribution is 9.10. The average Bonchev–Trinajstić information content (AvgIpc) is 2.60. The van der Waals surface area contributed by atoms with Crippen LogP contribution in [-0.2, 0) is 11.3 Å². The number of nitrogens with one attached hydrogen (secondary N) is 2. The van der Waals surface area contributed by atoms with Gasteiger partial charge >= 0.3 is 0 Å². The van der Waals surface area contributed by atoms with E-state index in [0.29, 0.717) is 12.3 Å². The number of hydrogen-bond acceptors (Lipinski definition) is 5. The molecule has 0 unspecified atom stereocenters. The zero-order chi connectivity index (χ0) is 16.9. The molecule has 0 fully saturated rings. The SMILES string of the molecule is COc1ccc2c(c1)CN/N=C(/c1ccc(Br)cc1)SCC(=O)N2. The molecule has 124 valence electrons. The summed E-state index contributed by atoms with van der Waals surface area (Å²) in [5.74, 6) is 0.980. The largest absolute Gasteiger partial charge is 0.497 e. The predicted molar refractivity (Wildman–Crippen MR) is 102 cm³/mol. The number of thioether (sulfide) groups is 1. The highest BCUT2D eigenvalue weighted by Gasteiger charge is 2.13. The third-order valence-electron chi connectivity index (χ3n) is 3.47. The van der Waals surface area contributed by atoms with Crippen molar-refractivity contribution in [2.75, 3.05) is 18.2 Å². The van der Waals surface area contributed by atoms with Gasteiger partial charge in [-0.1, -0.05) is 39.8 Å². The summed E-state index contributed by atoms with van der Waals surface area (Å²) >= 11 is 4.83. The number of methoxy groups -OCH3 is 1. The fraction of sp³-hybridized carbons (Fsp3) is 0.176. The second-order valence-corrected chi connectivity index (χ2v) is 7.00. The van der Waals surface area contributed by atoms with Crippen LogP contribution in [0.25, 0.3) is 0 Å². The van der Waals surface area contributed by atoms with E-state index in [4.69, 9.17) is 4.74 Å². The van der Waals surface area contributed by atoms with Crippen LogP contribution in [-0.4, -0.2) is 23.8 Å². The number of benzene rings is 2. The summed E-state index contributed by atoms with van der Waals surface area (Å²) in [5.41, 5.74) is 5.76. The molecule has 0 spiro atoms. The molecule has 0 saturated heterocycles. The summed E-state index contributed by atoms with van der Waals surface area (Å²) in [6.45, 7) is 0.493. The molecule has 0 radical (unpaired) electrons. The second kappa shape index (κ2) is 7.72. The van der Waals surface area contributed by atoms with Gasteiger partial charge in [0.2, 0.25) is 5.91 Å². The summed E-state index contributed by atoms with van der Waals surface area (Å²) in [4.78, 5) is 12.2. The van der Waals surface area contributed by atoms with E-state index in [1.165, 1.54) is 11.8 Å². The molecule has 0 aromatic heterocycles. The summed E-state index contributed by atoms with van der Waals surface area (Å²) in [6.07, 6.45) is 0. The molecular formula is C17H16BrN3O2S. The third-order valence-corrected chi connectivity index (χ3v) is 5.00. The first-order valence-electron chi connectivity index (χ1n) is 7.32. The minimum Gasteiger partial charge on any atom is -0.497 e. The van der Waals surface area contributed by atoms with E-state index in [-0.39, 0.29) is 5.91 Å². The molecule has 1 aliphatic rings. The van der Waals surface area contributed by atoms with Gasteiger partial charge in [-0.2, -0.15) is 5.10 Å². The Morgan fingerprint density at radius 3 is 2.75 bits per heavy atom. The summed E-state index contributed by atoms with van der Waals surface area (Å²) in [7, 11) is 1.62. The normalized spacial score (nSPS) is 16.9. The molecule has 3 rings (SSSR count). The lowest BCUT2D eigenvalue weighted by Crippen LogP contribution is -2.20. The number of nitrogens with zero attached hydrogens (tertiary/aromatic N) is 1. The Morgan fingerprint density at radius 2 is 2.00 bits per heavy atom. The van der Waals surface area contributed by atoms with Crippen LogP contribution in [0.15, 0.2) is 52.0 Å². The maximum Gasteiger partial charge on any atom is 0.234 e. The lowest BCUT2D eigenvalue weighted by atomic mass is 10.1. The Hall–Kier alpha value is -1.99. The molecule has 1 aliphatic heterocycles. The van der Waals surface area contributed by atoms with Crippen LogP contribution in [0.1, 0.15) is 11.1 Å². The smallest absolute Gasteiger partial charge is 0.234 e. The Bertz CT molecular complexity index is 778. The van der Waals surface area contributed by atoms with Gasteiger partial charge in [0.15, 0.2) is 0 Å². The van der Waals surface area contributed by atoms with Crippen molar-refractivity contribution in [3.05, 3.63) is 58.1 Å².